The van der Waals surface area contributed by atoms with Crippen molar-refractivity contribution in [2.75, 3.05) is 39.8 Å². The Bertz CT molecular complexity index is 598. The summed E-state index contributed by atoms with van der Waals surface area (Å²) in [6, 6.07) is 7.62. The maximum absolute atomic E-state index is 10.5. The number of rotatable bonds is 9. The van der Waals surface area contributed by atoms with Crippen molar-refractivity contribution in [3.8, 4) is 5.75 Å². The highest BCUT2D eigenvalue weighted by Gasteiger charge is 2.16. The van der Waals surface area contributed by atoms with E-state index in [-0.39, 0.29) is 6.10 Å². The summed E-state index contributed by atoms with van der Waals surface area (Å²) in [5, 5.41) is 17.2. The number of likely N-dealkylation sites (tertiary alicyclic amines) is 1. The van der Waals surface area contributed by atoms with E-state index in [9.17, 15) is 5.11 Å². The van der Waals surface area contributed by atoms with Crippen molar-refractivity contribution in [1.82, 2.24) is 15.5 Å². The molecule has 1 aliphatic heterocycles. The van der Waals surface area contributed by atoms with Crippen LogP contribution in [0.1, 0.15) is 51.7 Å². The first-order chi connectivity index (χ1) is 13.5. The van der Waals surface area contributed by atoms with E-state index in [2.05, 4.69) is 34.5 Å². The predicted octanol–water partition coefficient (Wildman–Crippen LogP) is 2.79. The van der Waals surface area contributed by atoms with Crippen molar-refractivity contribution in [3.05, 3.63) is 29.8 Å². The molecule has 0 amide bonds. The number of aliphatic imine (C=N–C) groups is 1. The molecule has 1 unspecified atom stereocenters. The Morgan fingerprint density at radius 2 is 2.04 bits per heavy atom. The number of piperidine rings is 1. The third-order valence-corrected chi connectivity index (χ3v) is 5.06. The molecule has 0 spiro atoms. The Hall–Kier alpha value is -1.79. The molecule has 1 fully saturated rings. The summed E-state index contributed by atoms with van der Waals surface area (Å²) in [4.78, 5) is 6.97. The third kappa shape index (κ3) is 8.07. The zero-order valence-electron chi connectivity index (χ0n) is 17.9. The van der Waals surface area contributed by atoms with Crippen LogP contribution < -0.4 is 15.4 Å². The lowest BCUT2D eigenvalue weighted by Crippen LogP contribution is -2.39. The monoisotopic (exact) mass is 390 g/mol. The molecule has 2 rings (SSSR count). The average Bonchev–Trinajstić information content (AvgIpc) is 2.67. The van der Waals surface area contributed by atoms with Gasteiger partial charge in [0.05, 0.1) is 18.8 Å². The second-order valence-corrected chi connectivity index (χ2v) is 7.94. The van der Waals surface area contributed by atoms with Gasteiger partial charge in [0.15, 0.2) is 5.96 Å². The minimum absolute atomic E-state index is 0.111. The fraction of sp³-hybridized carbons (Fsp3) is 0.682. The van der Waals surface area contributed by atoms with Crippen molar-refractivity contribution in [2.24, 2.45) is 10.9 Å². The number of hydrogen-bond donors (Lipinski definition) is 3. The Labute approximate surface area is 170 Å². The van der Waals surface area contributed by atoms with Gasteiger partial charge in [-0.05, 0) is 83.8 Å². The summed E-state index contributed by atoms with van der Waals surface area (Å²) in [5.41, 5.74) is 0.823. The molecule has 1 aromatic carbocycles. The van der Waals surface area contributed by atoms with Crippen LogP contribution in [0.4, 0.5) is 0 Å². The van der Waals surface area contributed by atoms with E-state index >= 15 is 0 Å². The van der Waals surface area contributed by atoms with E-state index in [0.717, 1.165) is 42.7 Å². The molecule has 1 atom stereocenters. The van der Waals surface area contributed by atoms with Gasteiger partial charge in [-0.15, -0.1) is 0 Å². The normalized spacial score (nSPS) is 17.6. The van der Waals surface area contributed by atoms with Crippen LogP contribution in [0.5, 0.6) is 5.75 Å². The fourth-order valence-corrected chi connectivity index (χ4v) is 3.44. The van der Waals surface area contributed by atoms with Crippen molar-refractivity contribution in [1.29, 1.82) is 0 Å². The van der Waals surface area contributed by atoms with Crippen LogP contribution in [-0.4, -0.2) is 61.8 Å². The number of guanidine groups is 1. The SMILES string of the molecule is CCNC(=NCC(O)c1cccc(OC(C)C)c1)NCCC1CCN(C)CC1. The molecule has 3 N–H and O–H groups in total. The van der Waals surface area contributed by atoms with Gasteiger partial charge in [0.2, 0.25) is 0 Å². The molecule has 0 aromatic heterocycles. The van der Waals surface area contributed by atoms with Crippen LogP contribution in [0.3, 0.4) is 0 Å². The van der Waals surface area contributed by atoms with Crippen molar-refractivity contribution >= 4 is 5.96 Å². The van der Waals surface area contributed by atoms with Crippen LogP contribution in [0.15, 0.2) is 29.3 Å². The number of nitrogens with zero attached hydrogens (tertiary/aromatic N) is 2. The number of benzene rings is 1. The quantitative estimate of drug-likeness (QED) is 0.447. The van der Waals surface area contributed by atoms with E-state index in [1.807, 2.05) is 38.1 Å². The first kappa shape index (κ1) is 22.5. The lowest BCUT2D eigenvalue weighted by molar-refractivity contribution is 0.185. The number of nitrogens with one attached hydrogen (secondary N) is 2. The highest BCUT2D eigenvalue weighted by Crippen LogP contribution is 2.21. The van der Waals surface area contributed by atoms with E-state index in [0.29, 0.717) is 6.54 Å². The van der Waals surface area contributed by atoms with Crippen molar-refractivity contribution in [2.45, 2.75) is 52.2 Å². The van der Waals surface area contributed by atoms with Gasteiger partial charge >= 0.3 is 0 Å². The molecule has 0 saturated carbocycles. The van der Waals surface area contributed by atoms with Crippen LogP contribution >= 0.6 is 0 Å². The summed E-state index contributed by atoms with van der Waals surface area (Å²) < 4.78 is 5.71. The smallest absolute Gasteiger partial charge is 0.191 e. The average molecular weight is 391 g/mol. The van der Waals surface area contributed by atoms with Gasteiger partial charge in [0.1, 0.15) is 5.75 Å². The second-order valence-electron chi connectivity index (χ2n) is 7.94. The maximum Gasteiger partial charge on any atom is 0.191 e. The molecular weight excluding hydrogens is 352 g/mol. The first-order valence-corrected chi connectivity index (χ1v) is 10.6. The molecule has 1 saturated heterocycles. The number of hydrogen-bond acceptors (Lipinski definition) is 4. The standard InChI is InChI=1S/C22H38N4O2/c1-5-23-22(24-12-9-18-10-13-26(4)14-11-18)25-16-21(27)19-7-6-8-20(15-19)28-17(2)3/h6-8,15,17-18,21,27H,5,9-14,16H2,1-4H3,(H2,23,24,25). The minimum atomic E-state index is -0.653. The van der Waals surface area contributed by atoms with Gasteiger partial charge in [-0.3, -0.25) is 4.99 Å². The Balaban J connectivity index is 1.83. The maximum atomic E-state index is 10.5. The lowest BCUT2D eigenvalue weighted by Gasteiger charge is -2.29. The lowest BCUT2D eigenvalue weighted by atomic mass is 9.94. The van der Waals surface area contributed by atoms with Gasteiger partial charge in [-0.25, -0.2) is 0 Å². The van der Waals surface area contributed by atoms with Gasteiger partial charge in [-0.2, -0.15) is 0 Å². The van der Waals surface area contributed by atoms with E-state index in [1.165, 1.54) is 25.9 Å². The third-order valence-electron chi connectivity index (χ3n) is 5.06. The van der Waals surface area contributed by atoms with Crippen LogP contribution in [0.2, 0.25) is 0 Å². The second kappa shape index (κ2) is 11.9. The van der Waals surface area contributed by atoms with E-state index in [1.54, 1.807) is 0 Å². The Morgan fingerprint density at radius 3 is 2.71 bits per heavy atom. The molecule has 158 valence electrons. The highest BCUT2D eigenvalue weighted by molar-refractivity contribution is 5.79. The summed E-state index contributed by atoms with van der Waals surface area (Å²) in [6.45, 7) is 10.5. The number of aliphatic hydroxyl groups is 1. The van der Waals surface area contributed by atoms with Crippen LogP contribution in [0.25, 0.3) is 0 Å². The molecule has 0 aliphatic carbocycles. The molecule has 0 bridgehead atoms. The van der Waals surface area contributed by atoms with Gasteiger partial charge in [-0.1, -0.05) is 12.1 Å². The fourth-order valence-electron chi connectivity index (χ4n) is 3.44. The Kier molecular flexibility index (Phi) is 9.58. The molecular formula is C22H38N4O2. The van der Waals surface area contributed by atoms with Crippen molar-refractivity contribution in [3.63, 3.8) is 0 Å². The van der Waals surface area contributed by atoms with E-state index in [4.69, 9.17) is 4.74 Å². The van der Waals surface area contributed by atoms with Crippen LogP contribution in [-0.2, 0) is 0 Å². The molecule has 28 heavy (non-hydrogen) atoms. The molecule has 6 heteroatoms. The first-order valence-electron chi connectivity index (χ1n) is 10.6. The molecule has 1 aliphatic rings. The van der Waals surface area contributed by atoms with Crippen molar-refractivity contribution < 1.29 is 9.84 Å². The molecule has 6 nitrogen and oxygen atoms in total. The Morgan fingerprint density at radius 1 is 1.29 bits per heavy atom. The van der Waals surface area contributed by atoms with Crippen LogP contribution in [0, 0.1) is 5.92 Å². The van der Waals surface area contributed by atoms with Gasteiger partial charge in [0.25, 0.3) is 0 Å². The largest absolute Gasteiger partial charge is 0.491 e. The zero-order valence-corrected chi connectivity index (χ0v) is 17.9. The number of ether oxygens (including phenoxy) is 1. The summed E-state index contributed by atoms with van der Waals surface area (Å²) >= 11 is 0. The van der Waals surface area contributed by atoms with Gasteiger partial charge in [0, 0.05) is 13.1 Å². The van der Waals surface area contributed by atoms with E-state index < -0.39 is 6.10 Å². The van der Waals surface area contributed by atoms with Gasteiger partial charge < -0.3 is 25.4 Å². The molecule has 1 aromatic rings. The summed E-state index contributed by atoms with van der Waals surface area (Å²) in [6.07, 6.45) is 3.17. The number of aliphatic hydroxyl groups excluding tert-OH is 1. The summed E-state index contributed by atoms with van der Waals surface area (Å²) in [7, 11) is 2.19. The highest BCUT2D eigenvalue weighted by atomic mass is 16.5. The predicted molar refractivity (Wildman–Crippen MR) is 116 cm³/mol. The molecule has 1 heterocycles. The summed E-state index contributed by atoms with van der Waals surface area (Å²) in [5.74, 6) is 2.34. The zero-order chi connectivity index (χ0) is 20.4. The minimum Gasteiger partial charge on any atom is -0.491 e. The molecule has 0 radical (unpaired) electrons. The topological polar surface area (TPSA) is 69.1 Å².